The van der Waals surface area contributed by atoms with Crippen molar-refractivity contribution in [2.45, 2.75) is 39.3 Å². The quantitative estimate of drug-likeness (QED) is 0.626. The average molecular weight is 421 g/mol. The molecule has 0 aliphatic carbocycles. The maximum absolute atomic E-state index is 13.5. The Labute approximate surface area is 181 Å². The van der Waals surface area contributed by atoms with E-state index in [-0.39, 0.29) is 24.1 Å². The normalized spacial score (nSPS) is 15.9. The van der Waals surface area contributed by atoms with E-state index in [1.54, 1.807) is 17.0 Å². The highest BCUT2D eigenvalue weighted by Crippen LogP contribution is 2.23. The number of amides is 1. The molecule has 2 aromatic carbocycles. The molecule has 31 heavy (non-hydrogen) atoms. The van der Waals surface area contributed by atoms with Gasteiger partial charge in [0.2, 0.25) is 0 Å². The molecule has 4 rings (SSSR count). The van der Waals surface area contributed by atoms with Gasteiger partial charge in [-0.05, 0) is 55.8 Å². The molecular weight excluding hydrogens is 392 g/mol. The van der Waals surface area contributed by atoms with Crippen molar-refractivity contribution in [2.24, 2.45) is 0 Å². The maximum Gasteiger partial charge on any atom is 0.258 e. The van der Waals surface area contributed by atoms with Crippen LogP contribution >= 0.6 is 0 Å². The van der Waals surface area contributed by atoms with E-state index in [0.29, 0.717) is 36.6 Å². The average Bonchev–Trinajstić information content (AvgIpc) is 3.28. The molecule has 0 spiro atoms. The van der Waals surface area contributed by atoms with Crippen molar-refractivity contribution in [3.8, 4) is 5.75 Å². The second-order valence-corrected chi connectivity index (χ2v) is 7.91. The first kappa shape index (κ1) is 21.1. The van der Waals surface area contributed by atoms with Crippen LogP contribution in [0.4, 0.5) is 0 Å². The van der Waals surface area contributed by atoms with E-state index in [9.17, 15) is 9.59 Å². The largest absolute Gasteiger partial charge is 0.493 e. The number of pyridine rings is 1. The Hall–Kier alpha value is -3.12. The molecule has 1 aliphatic rings. The topological polar surface area (TPSA) is 71.6 Å². The fourth-order valence-corrected chi connectivity index (χ4v) is 4.10. The zero-order valence-corrected chi connectivity index (χ0v) is 18.0. The van der Waals surface area contributed by atoms with E-state index in [4.69, 9.17) is 9.47 Å². The minimum atomic E-state index is -0.176. The van der Waals surface area contributed by atoms with Crippen LogP contribution < -0.4 is 10.3 Å². The smallest absolute Gasteiger partial charge is 0.258 e. The van der Waals surface area contributed by atoms with Gasteiger partial charge in [0.1, 0.15) is 5.75 Å². The van der Waals surface area contributed by atoms with Crippen LogP contribution in [0.25, 0.3) is 10.9 Å². The molecule has 1 saturated heterocycles. The van der Waals surface area contributed by atoms with Crippen molar-refractivity contribution in [3.05, 3.63) is 75.6 Å². The molecule has 2 heterocycles. The molecule has 6 nitrogen and oxygen atoms in total. The SMILES string of the molecule is CCOc1ccccc1C(=O)N(Cc1cc2cccc(C)c2[nH]c1=O)C[C@@H]1CCCO1. The van der Waals surface area contributed by atoms with Crippen LogP contribution in [0.1, 0.15) is 41.3 Å². The maximum atomic E-state index is 13.5. The predicted octanol–water partition coefficient (Wildman–Crippen LogP) is 4.06. The van der Waals surface area contributed by atoms with Gasteiger partial charge in [-0.3, -0.25) is 9.59 Å². The molecule has 0 saturated carbocycles. The first-order valence-corrected chi connectivity index (χ1v) is 10.8. The second kappa shape index (κ2) is 9.35. The molecule has 1 aromatic heterocycles. The van der Waals surface area contributed by atoms with Crippen LogP contribution in [0.15, 0.2) is 53.3 Å². The summed E-state index contributed by atoms with van der Waals surface area (Å²) >= 11 is 0. The van der Waals surface area contributed by atoms with Gasteiger partial charge >= 0.3 is 0 Å². The summed E-state index contributed by atoms with van der Waals surface area (Å²) in [4.78, 5) is 31.1. The number of ether oxygens (including phenoxy) is 2. The summed E-state index contributed by atoms with van der Waals surface area (Å²) in [5, 5.41) is 0.953. The number of carbonyl (C=O) groups excluding carboxylic acids is 1. The predicted molar refractivity (Wildman–Crippen MR) is 121 cm³/mol. The Morgan fingerprint density at radius 2 is 2.06 bits per heavy atom. The van der Waals surface area contributed by atoms with E-state index < -0.39 is 0 Å². The number of rotatable bonds is 7. The zero-order valence-electron chi connectivity index (χ0n) is 18.0. The molecule has 1 N–H and O–H groups in total. The summed E-state index contributed by atoms with van der Waals surface area (Å²) in [6, 6.07) is 15.0. The summed E-state index contributed by atoms with van der Waals surface area (Å²) in [5.41, 5.74) is 2.72. The van der Waals surface area contributed by atoms with E-state index in [1.807, 2.05) is 50.2 Å². The molecule has 1 atom stereocenters. The fraction of sp³-hybridized carbons (Fsp3) is 0.360. The molecule has 1 amide bonds. The van der Waals surface area contributed by atoms with Crippen molar-refractivity contribution in [3.63, 3.8) is 0 Å². The van der Waals surface area contributed by atoms with Crippen molar-refractivity contribution in [1.82, 2.24) is 9.88 Å². The van der Waals surface area contributed by atoms with Gasteiger partial charge < -0.3 is 19.4 Å². The Balaban J connectivity index is 1.69. The van der Waals surface area contributed by atoms with Crippen LogP contribution in [-0.4, -0.2) is 41.7 Å². The van der Waals surface area contributed by atoms with Crippen molar-refractivity contribution < 1.29 is 14.3 Å². The number of fused-ring (bicyclic) bond motifs is 1. The van der Waals surface area contributed by atoms with E-state index in [1.165, 1.54) is 0 Å². The number of aryl methyl sites for hydroxylation is 1. The number of nitrogens with one attached hydrogen (secondary N) is 1. The number of carbonyl (C=O) groups is 1. The zero-order chi connectivity index (χ0) is 21.8. The third-order valence-corrected chi connectivity index (χ3v) is 5.68. The van der Waals surface area contributed by atoms with Gasteiger partial charge in [-0.2, -0.15) is 0 Å². The van der Waals surface area contributed by atoms with Crippen LogP contribution in [0, 0.1) is 6.92 Å². The van der Waals surface area contributed by atoms with Gasteiger partial charge in [-0.15, -0.1) is 0 Å². The van der Waals surface area contributed by atoms with Crippen LogP contribution in [-0.2, 0) is 11.3 Å². The van der Waals surface area contributed by atoms with Crippen LogP contribution in [0.5, 0.6) is 5.75 Å². The van der Waals surface area contributed by atoms with E-state index >= 15 is 0 Å². The van der Waals surface area contributed by atoms with E-state index in [0.717, 1.165) is 29.3 Å². The number of hydrogen-bond acceptors (Lipinski definition) is 4. The summed E-state index contributed by atoms with van der Waals surface area (Å²) in [6.45, 7) is 5.68. The van der Waals surface area contributed by atoms with Gasteiger partial charge in [-0.1, -0.05) is 30.3 Å². The summed E-state index contributed by atoms with van der Waals surface area (Å²) in [5.74, 6) is 0.388. The van der Waals surface area contributed by atoms with Gasteiger partial charge in [0.15, 0.2) is 0 Å². The molecule has 0 radical (unpaired) electrons. The van der Waals surface area contributed by atoms with Gasteiger partial charge in [0, 0.05) is 18.7 Å². The van der Waals surface area contributed by atoms with Crippen molar-refractivity contribution in [2.75, 3.05) is 19.8 Å². The Bertz CT molecular complexity index is 1130. The lowest BCUT2D eigenvalue weighted by molar-refractivity contribution is 0.0503. The highest BCUT2D eigenvalue weighted by molar-refractivity contribution is 5.97. The number of hydrogen-bond donors (Lipinski definition) is 1. The summed E-state index contributed by atoms with van der Waals surface area (Å²) in [7, 11) is 0. The first-order chi connectivity index (χ1) is 15.1. The fourth-order valence-electron chi connectivity index (χ4n) is 4.10. The number of benzene rings is 2. The first-order valence-electron chi connectivity index (χ1n) is 10.8. The highest BCUT2D eigenvalue weighted by atomic mass is 16.5. The molecule has 1 aliphatic heterocycles. The van der Waals surface area contributed by atoms with Crippen molar-refractivity contribution in [1.29, 1.82) is 0 Å². The molecule has 3 aromatic rings. The third kappa shape index (κ3) is 4.64. The lowest BCUT2D eigenvalue weighted by Gasteiger charge is -2.26. The molecular formula is C25H28N2O4. The third-order valence-electron chi connectivity index (χ3n) is 5.68. The number of H-pyrrole nitrogens is 1. The minimum Gasteiger partial charge on any atom is -0.493 e. The lowest BCUT2D eigenvalue weighted by Crippen LogP contribution is -2.38. The van der Waals surface area contributed by atoms with Gasteiger partial charge in [-0.25, -0.2) is 0 Å². The van der Waals surface area contributed by atoms with Crippen LogP contribution in [0.3, 0.4) is 0 Å². The number of aromatic nitrogens is 1. The molecule has 0 unspecified atom stereocenters. The van der Waals surface area contributed by atoms with Crippen LogP contribution in [0.2, 0.25) is 0 Å². The monoisotopic (exact) mass is 420 g/mol. The van der Waals surface area contributed by atoms with Crippen molar-refractivity contribution >= 4 is 16.8 Å². The highest BCUT2D eigenvalue weighted by Gasteiger charge is 2.26. The second-order valence-electron chi connectivity index (χ2n) is 7.91. The number of para-hydroxylation sites is 2. The molecule has 162 valence electrons. The van der Waals surface area contributed by atoms with Gasteiger partial charge in [0.05, 0.1) is 30.3 Å². The van der Waals surface area contributed by atoms with E-state index in [2.05, 4.69) is 4.98 Å². The number of aromatic amines is 1. The minimum absolute atomic E-state index is 0.0232. The lowest BCUT2D eigenvalue weighted by atomic mass is 10.1. The van der Waals surface area contributed by atoms with Gasteiger partial charge in [0.25, 0.3) is 11.5 Å². The molecule has 0 bridgehead atoms. The Kier molecular flexibility index (Phi) is 6.37. The Morgan fingerprint density at radius 1 is 1.23 bits per heavy atom. The standard InChI is InChI=1S/C25H28N2O4/c1-3-30-22-12-5-4-11-21(22)25(29)27(16-20-10-7-13-31-20)15-19-14-18-9-6-8-17(2)23(18)26-24(19)28/h4-6,8-9,11-12,14,20H,3,7,10,13,15-16H2,1-2H3,(H,26,28)/t20-/m0/s1. The number of nitrogens with zero attached hydrogens (tertiary/aromatic N) is 1. The summed E-state index contributed by atoms with van der Waals surface area (Å²) in [6.07, 6.45) is 1.87. The Morgan fingerprint density at radius 3 is 2.84 bits per heavy atom. The molecule has 1 fully saturated rings. The molecule has 6 heteroatoms. The summed E-state index contributed by atoms with van der Waals surface area (Å²) < 4.78 is 11.5.